The van der Waals surface area contributed by atoms with Crippen LogP contribution in [0.25, 0.3) is 0 Å². The van der Waals surface area contributed by atoms with Crippen molar-refractivity contribution in [3.8, 4) is 0 Å². The van der Waals surface area contributed by atoms with Crippen LogP contribution in [0.1, 0.15) is 46.5 Å². The molecule has 3 heteroatoms. The summed E-state index contributed by atoms with van der Waals surface area (Å²) >= 11 is 0. The smallest absolute Gasteiger partial charge is 0.310 e. The lowest BCUT2D eigenvalue weighted by Gasteiger charge is -2.42. The maximum atomic E-state index is 11.5. The summed E-state index contributed by atoms with van der Waals surface area (Å²) in [6, 6.07) is 0. The number of carboxylic acids is 1. The lowest BCUT2D eigenvalue weighted by molar-refractivity contribution is -0.159. The fraction of sp³-hybridized carbons (Fsp3) is 0.917. The van der Waals surface area contributed by atoms with Crippen LogP contribution in [0.4, 0.5) is 0 Å². The monoisotopic (exact) mass is 214 g/mol. The van der Waals surface area contributed by atoms with E-state index in [0.717, 1.165) is 12.8 Å². The van der Waals surface area contributed by atoms with E-state index in [9.17, 15) is 15.0 Å². The summed E-state index contributed by atoms with van der Waals surface area (Å²) < 4.78 is 0. The highest BCUT2D eigenvalue weighted by Crippen LogP contribution is 2.46. The van der Waals surface area contributed by atoms with Crippen molar-refractivity contribution in [2.45, 2.75) is 52.6 Å². The molecule has 0 heterocycles. The molecule has 0 aromatic rings. The molecule has 0 aromatic heterocycles. The molecule has 0 bridgehead atoms. The van der Waals surface area contributed by atoms with E-state index in [-0.39, 0.29) is 5.92 Å². The summed E-state index contributed by atoms with van der Waals surface area (Å²) in [6.45, 7) is 5.65. The molecule has 88 valence electrons. The quantitative estimate of drug-likeness (QED) is 0.757. The van der Waals surface area contributed by atoms with Gasteiger partial charge >= 0.3 is 5.97 Å². The van der Waals surface area contributed by atoms with Gasteiger partial charge in [-0.3, -0.25) is 4.79 Å². The molecule has 1 fully saturated rings. The lowest BCUT2D eigenvalue weighted by Crippen LogP contribution is -2.45. The van der Waals surface area contributed by atoms with Crippen molar-refractivity contribution in [1.29, 1.82) is 0 Å². The highest BCUT2D eigenvalue weighted by Gasteiger charge is 2.47. The highest BCUT2D eigenvalue weighted by molar-refractivity contribution is 5.75. The second-order valence-corrected chi connectivity index (χ2v) is 5.19. The molecule has 0 amide bonds. The van der Waals surface area contributed by atoms with Crippen LogP contribution < -0.4 is 0 Å². The summed E-state index contributed by atoms with van der Waals surface area (Å²) in [5, 5.41) is 19.0. The van der Waals surface area contributed by atoms with Crippen molar-refractivity contribution in [3.63, 3.8) is 0 Å². The van der Waals surface area contributed by atoms with Crippen molar-refractivity contribution in [3.05, 3.63) is 0 Å². The van der Waals surface area contributed by atoms with Crippen molar-refractivity contribution in [2.24, 2.45) is 17.3 Å². The van der Waals surface area contributed by atoms with Gasteiger partial charge < -0.3 is 10.2 Å². The molecule has 3 nitrogen and oxygen atoms in total. The topological polar surface area (TPSA) is 57.5 Å². The molecule has 1 rings (SSSR count). The van der Waals surface area contributed by atoms with Gasteiger partial charge in [0.05, 0.1) is 11.5 Å². The van der Waals surface area contributed by atoms with Gasteiger partial charge in [-0.2, -0.15) is 0 Å². The predicted octanol–water partition coefficient (Wildman–Crippen LogP) is 2.28. The van der Waals surface area contributed by atoms with E-state index < -0.39 is 17.5 Å². The minimum Gasteiger partial charge on any atom is -0.481 e. The van der Waals surface area contributed by atoms with E-state index in [1.807, 2.05) is 6.92 Å². The molecule has 0 aromatic carbocycles. The van der Waals surface area contributed by atoms with Crippen molar-refractivity contribution >= 4 is 5.97 Å². The van der Waals surface area contributed by atoms with E-state index in [4.69, 9.17) is 0 Å². The third kappa shape index (κ3) is 2.33. The van der Waals surface area contributed by atoms with Crippen LogP contribution in [0.5, 0.6) is 0 Å². The molecule has 0 radical (unpaired) electrons. The first-order chi connectivity index (χ1) is 6.90. The first kappa shape index (κ1) is 12.5. The van der Waals surface area contributed by atoms with Crippen LogP contribution in [-0.2, 0) is 4.79 Å². The number of hydrogen-bond donors (Lipinski definition) is 2. The minimum atomic E-state index is -0.734. The van der Waals surface area contributed by atoms with Gasteiger partial charge in [0.15, 0.2) is 0 Å². The zero-order valence-corrected chi connectivity index (χ0v) is 9.86. The Morgan fingerprint density at radius 2 is 2.07 bits per heavy atom. The predicted molar refractivity (Wildman–Crippen MR) is 58.5 cm³/mol. The summed E-state index contributed by atoms with van der Waals surface area (Å²) in [4.78, 5) is 11.5. The van der Waals surface area contributed by atoms with Crippen LogP contribution in [0.15, 0.2) is 0 Å². The molecule has 0 spiro atoms. The number of carboxylic acid groups (broad SMARTS) is 1. The van der Waals surface area contributed by atoms with Crippen LogP contribution in [-0.4, -0.2) is 22.3 Å². The first-order valence-corrected chi connectivity index (χ1v) is 5.81. The maximum Gasteiger partial charge on any atom is 0.310 e. The highest BCUT2D eigenvalue weighted by atomic mass is 16.4. The Kier molecular flexibility index (Phi) is 3.77. The number of aliphatic carboxylic acids is 1. The number of hydrogen-bond acceptors (Lipinski definition) is 2. The van der Waals surface area contributed by atoms with E-state index in [1.54, 1.807) is 6.92 Å². The summed E-state index contributed by atoms with van der Waals surface area (Å²) in [7, 11) is 0. The Bertz CT molecular complexity index is 237. The van der Waals surface area contributed by atoms with Crippen molar-refractivity contribution in [1.82, 2.24) is 0 Å². The van der Waals surface area contributed by atoms with Gasteiger partial charge in [0.2, 0.25) is 0 Å². The van der Waals surface area contributed by atoms with Crippen LogP contribution in [0, 0.1) is 17.3 Å². The third-order valence-corrected chi connectivity index (χ3v) is 4.05. The van der Waals surface area contributed by atoms with Gasteiger partial charge in [0.1, 0.15) is 0 Å². The van der Waals surface area contributed by atoms with Gasteiger partial charge in [0, 0.05) is 0 Å². The summed E-state index contributed by atoms with van der Waals surface area (Å²) in [6.07, 6.45) is 2.94. The van der Waals surface area contributed by atoms with E-state index in [2.05, 4.69) is 6.92 Å². The SMILES string of the molecule is CC1CCCC(C(=O)O)(C(C)C(C)O)C1. The zero-order chi connectivity index (χ0) is 11.6. The van der Waals surface area contributed by atoms with Crippen molar-refractivity contribution < 1.29 is 15.0 Å². The van der Waals surface area contributed by atoms with Gasteiger partial charge in [-0.1, -0.05) is 26.7 Å². The molecular weight excluding hydrogens is 192 g/mol. The lowest BCUT2D eigenvalue weighted by atomic mass is 9.62. The fourth-order valence-electron chi connectivity index (χ4n) is 2.86. The molecule has 1 aliphatic rings. The summed E-state index contributed by atoms with van der Waals surface area (Å²) in [5.74, 6) is -0.448. The van der Waals surface area contributed by atoms with Gasteiger partial charge in [-0.15, -0.1) is 0 Å². The average molecular weight is 214 g/mol. The van der Waals surface area contributed by atoms with Crippen LogP contribution in [0.3, 0.4) is 0 Å². The van der Waals surface area contributed by atoms with Crippen molar-refractivity contribution in [2.75, 3.05) is 0 Å². The number of rotatable bonds is 3. The molecule has 4 unspecified atom stereocenters. The largest absolute Gasteiger partial charge is 0.481 e. The Hall–Kier alpha value is -0.570. The standard InChI is InChI=1S/C12H22O3/c1-8-5-4-6-12(7-8,11(14)15)9(2)10(3)13/h8-10,13H,4-7H2,1-3H3,(H,14,15). The Labute approximate surface area is 91.5 Å². The van der Waals surface area contributed by atoms with Crippen LogP contribution in [0.2, 0.25) is 0 Å². The molecule has 15 heavy (non-hydrogen) atoms. The molecule has 1 aliphatic carbocycles. The normalized spacial score (nSPS) is 35.9. The zero-order valence-electron chi connectivity index (χ0n) is 9.86. The number of carbonyl (C=O) groups is 1. The van der Waals surface area contributed by atoms with Gasteiger partial charge in [-0.05, 0) is 31.6 Å². The molecule has 0 saturated heterocycles. The van der Waals surface area contributed by atoms with E-state index in [0.29, 0.717) is 18.8 Å². The maximum absolute atomic E-state index is 11.5. The number of aliphatic hydroxyl groups excluding tert-OH is 1. The molecule has 0 aliphatic heterocycles. The Morgan fingerprint density at radius 3 is 2.47 bits per heavy atom. The fourth-order valence-corrected chi connectivity index (χ4v) is 2.86. The number of aliphatic hydroxyl groups is 1. The van der Waals surface area contributed by atoms with Crippen LogP contribution >= 0.6 is 0 Å². The second-order valence-electron chi connectivity index (χ2n) is 5.19. The minimum absolute atomic E-state index is 0.169. The third-order valence-electron chi connectivity index (χ3n) is 4.05. The van der Waals surface area contributed by atoms with E-state index in [1.165, 1.54) is 0 Å². The molecule has 2 N–H and O–H groups in total. The molecule has 1 saturated carbocycles. The molecule has 4 atom stereocenters. The second kappa shape index (κ2) is 4.52. The van der Waals surface area contributed by atoms with Gasteiger partial charge in [0.25, 0.3) is 0 Å². The average Bonchev–Trinajstić information content (AvgIpc) is 2.16. The molecular formula is C12H22O3. The Balaban J connectivity index is 2.92. The Morgan fingerprint density at radius 1 is 1.47 bits per heavy atom. The van der Waals surface area contributed by atoms with Gasteiger partial charge in [-0.25, -0.2) is 0 Å². The first-order valence-electron chi connectivity index (χ1n) is 5.81. The van der Waals surface area contributed by atoms with E-state index >= 15 is 0 Å². The summed E-state index contributed by atoms with van der Waals surface area (Å²) in [5.41, 5.74) is -0.703.